The number of hydrogen-bond acceptors (Lipinski definition) is 2. The van der Waals surface area contributed by atoms with E-state index < -0.39 is 5.60 Å². The average Bonchev–Trinajstić information content (AvgIpc) is 2.77. The van der Waals surface area contributed by atoms with Gasteiger partial charge in [-0.2, -0.15) is 0 Å². The predicted octanol–water partition coefficient (Wildman–Crippen LogP) is 2.53. The van der Waals surface area contributed by atoms with Gasteiger partial charge in [-0.05, 0) is 36.8 Å². The highest BCUT2D eigenvalue weighted by Crippen LogP contribution is 2.47. The van der Waals surface area contributed by atoms with Gasteiger partial charge in [0.1, 0.15) is 0 Å². The first-order valence-electron chi connectivity index (χ1n) is 6.96. The molecule has 2 unspecified atom stereocenters. The highest BCUT2D eigenvalue weighted by Gasteiger charge is 2.51. The monoisotopic (exact) mass is 247 g/mol. The summed E-state index contributed by atoms with van der Waals surface area (Å²) in [6.07, 6.45) is 2.78. The topological polar surface area (TPSA) is 46.2 Å². The van der Waals surface area contributed by atoms with E-state index >= 15 is 0 Å². The van der Waals surface area contributed by atoms with E-state index in [1.165, 1.54) is 11.1 Å². The molecule has 18 heavy (non-hydrogen) atoms. The van der Waals surface area contributed by atoms with Crippen LogP contribution in [0.25, 0.3) is 0 Å². The minimum absolute atomic E-state index is 0.202. The van der Waals surface area contributed by atoms with E-state index in [1.54, 1.807) is 0 Å². The van der Waals surface area contributed by atoms with Crippen molar-refractivity contribution in [2.24, 2.45) is 17.1 Å². The van der Waals surface area contributed by atoms with E-state index in [4.69, 9.17) is 5.73 Å². The molecule has 0 bridgehead atoms. The first-order valence-corrected chi connectivity index (χ1v) is 6.96. The molecule has 1 aliphatic carbocycles. The van der Waals surface area contributed by atoms with E-state index in [9.17, 15) is 5.11 Å². The van der Waals surface area contributed by atoms with E-state index in [1.807, 2.05) is 6.92 Å². The van der Waals surface area contributed by atoms with Crippen molar-refractivity contribution in [3.63, 3.8) is 0 Å². The molecule has 0 radical (unpaired) electrons. The van der Waals surface area contributed by atoms with Crippen LogP contribution < -0.4 is 5.73 Å². The molecule has 0 saturated heterocycles. The number of benzene rings is 1. The van der Waals surface area contributed by atoms with Gasteiger partial charge >= 0.3 is 0 Å². The molecule has 100 valence electrons. The molecule has 1 aromatic rings. The third kappa shape index (κ3) is 1.88. The van der Waals surface area contributed by atoms with Crippen molar-refractivity contribution in [2.45, 2.75) is 45.6 Å². The Kier molecular flexibility index (Phi) is 3.52. The molecule has 3 N–H and O–H groups in total. The zero-order valence-corrected chi connectivity index (χ0v) is 11.7. The molecular weight excluding hydrogens is 222 g/mol. The SMILES string of the molecule is CCC(C)C(C)(O)C1(CN)Cc2ccccc2C1. The summed E-state index contributed by atoms with van der Waals surface area (Å²) in [5, 5.41) is 11.0. The van der Waals surface area contributed by atoms with Gasteiger partial charge in [-0.3, -0.25) is 0 Å². The summed E-state index contributed by atoms with van der Waals surface area (Å²) < 4.78 is 0. The van der Waals surface area contributed by atoms with Gasteiger partial charge < -0.3 is 10.8 Å². The Morgan fingerprint density at radius 2 is 1.83 bits per heavy atom. The summed E-state index contributed by atoms with van der Waals surface area (Å²) >= 11 is 0. The summed E-state index contributed by atoms with van der Waals surface area (Å²) in [6.45, 7) is 6.77. The Labute approximate surface area is 110 Å². The van der Waals surface area contributed by atoms with E-state index in [0.717, 1.165) is 19.3 Å². The van der Waals surface area contributed by atoms with Gasteiger partial charge in [0, 0.05) is 12.0 Å². The molecule has 0 heterocycles. The zero-order valence-electron chi connectivity index (χ0n) is 11.7. The van der Waals surface area contributed by atoms with E-state index in [2.05, 4.69) is 38.1 Å². The van der Waals surface area contributed by atoms with E-state index in [-0.39, 0.29) is 11.3 Å². The molecule has 0 aliphatic heterocycles. The second-order valence-corrected chi connectivity index (χ2v) is 6.06. The minimum atomic E-state index is -0.713. The molecule has 2 nitrogen and oxygen atoms in total. The van der Waals surface area contributed by atoms with Gasteiger partial charge in [0.2, 0.25) is 0 Å². The van der Waals surface area contributed by atoms with Crippen molar-refractivity contribution in [1.29, 1.82) is 0 Å². The summed E-state index contributed by atoms with van der Waals surface area (Å²) in [7, 11) is 0. The maximum atomic E-state index is 11.0. The second kappa shape index (κ2) is 4.67. The van der Waals surface area contributed by atoms with Crippen LogP contribution in [-0.2, 0) is 12.8 Å². The largest absolute Gasteiger partial charge is 0.389 e. The minimum Gasteiger partial charge on any atom is -0.389 e. The zero-order chi connectivity index (χ0) is 13.4. The second-order valence-electron chi connectivity index (χ2n) is 6.06. The van der Waals surface area contributed by atoms with Crippen LogP contribution in [0.15, 0.2) is 24.3 Å². The van der Waals surface area contributed by atoms with Gasteiger partial charge in [-0.1, -0.05) is 44.5 Å². The highest BCUT2D eigenvalue weighted by molar-refractivity contribution is 5.36. The van der Waals surface area contributed by atoms with Crippen LogP contribution in [0, 0.1) is 11.3 Å². The molecule has 2 atom stereocenters. The average molecular weight is 247 g/mol. The molecule has 1 aliphatic rings. The van der Waals surface area contributed by atoms with Gasteiger partial charge in [-0.25, -0.2) is 0 Å². The van der Waals surface area contributed by atoms with Crippen molar-refractivity contribution >= 4 is 0 Å². The van der Waals surface area contributed by atoms with Crippen molar-refractivity contribution in [2.75, 3.05) is 6.54 Å². The standard InChI is InChI=1S/C16H25NO/c1-4-12(2)15(3,18)16(11-17)9-13-7-5-6-8-14(13)10-16/h5-8,12,18H,4,9-11,17H2,1-3H3. The normalized spacial score (nSPS) is 22.3. The Bertz CT molecular complexity index is 400. The first kappa shape index (κ1) is 13.6. The number of fused-ring (bicyclic) bond motifs is 1. The Morgan fingerprint density at radius 1 is 1.33 bits per heavy atom. The number of nitrogens with two attached hydrogens (primary N) is 1. The maximum Gasteiger partial charge on any atom is 0.0719 e. The first-order chi connectivity index (χ1) is 8.47. The van der Waals surface area contributed by atoms with Crippen LogP contribution in [-0.4, -0.2) is 17.3 Å². The molecule has 0 saturated carbocycles. The molecule has 2 rings (SSSR count). The molecule has 2 heteroatoms. The van der Waals surface area contributed by atoms with Crippen LogP contribution in [0.5, 0.6) is 0 Å². The van der Waals surface area contributed by atoms with Crippen LogP contribution in [0.4, 0.5) is 0 Å². The van der Waals surface area contributed by atoms with Gasteiger partial charge in [-0.15, -0.1) is 0 Å². The van der Waals surface area contributed by atoms with Gasteiger partial charge in [0.15, 0.2) is 0 Å². The molecule has 0 amide bonds. The van der Waals surface area contributed by atoms with Gasteiger partial charge in [0.05, 0.1) is 5.60 Å². The fourth-order valence-corrected chi connectivity index (χ4v) is 3.32. The lowest BCUT2D eigenvalue weighted by Crippen LogP contribution is -2.55. The maximum absolute atomic E-state index is 11.0. The summed E-state index contributed by atoms with van der Waals surface area (Å²) in [5.74, 6) is 0.260. The Hall–Kier alpha value is -0.860. The number of rotatable bonds is 4. The summed E-state index contributed by atoms with van der Waals surface area (Å²) in [4.78, 5) is 0. The third-order valence-electron chi connectivity index (χ3n) is 5.21. The molecule has 0 fully saturated rings. The van der Waals surface area contributed by atoms with E-state index in [0.29, 0.717) is 6.54 Å². The molecular formula is C16H25NO. The lowest BCUT2D eigenvalue weighted by Gasteiger charge is -2.46. The number of hydrogen-bond donors (Lipinski definition) is 2. The van der Waals surface area contributed by atoms with Crippen LogP contribution in [0.1, 0.15) is 38.3 Å². The Balaban J connectivity index is 2.36. The van der Waals surface area contributed by atoms with Crippen LogP contribution in [0.3, 0.4) is 0 Å². The summed E-state index contributed by atoms with van der Waals surface area (Å²) in [6, 6.07) is 8.48. The lowest BCUT2D eigenvalue weighted by molar-refractivity contribution is -0.102. The highest BCUT2D eigenvalue weighted by atomic mass is 16.3. The summed E-state index contributed by atoms with van der Waals surface area (Å²) in [5.41, 5.74) is 7.86. The lowest BCUT2D eigenvalue weighted by atomic mass is 9.64. The van der Waals surface area contributed by atoms with Crippen LogP contribution >= 0.6 is 0 Å². The predicted molar refractivity (Wildman–Crippen MR) is 75.4 cm³/mol. The Morgan fingerprint density at radius 3 is 2.22 bits per heavy atom. The molecule has 0 spiro atoms. The fourth-order valence-electron chi connectivity index (χ4n) is 3.32. The quantitative estimate of drug-likeness (QED) is 0.859. The molecule has 0 aromatic heterocycles. The number of aliphatic hydroxyl groups is 1. The van der Waals surface area contributed by atoms with Crippen molar-refractivity contribution in [3.05, 3.63) is 35.4 Å². The van der Waals surface area contributed by atoms with Gasteiger partial charge in [0.25, 0.3) is 0 Å². The smallest absolute Gasteiger partial charge is 0.0719 e. The van der Waals surface area contributed by atoms with Crippen molar-refractivity contribution in [3.8, 4) is 0 Å². The third-order valence-corrected chi connectivity index (χ3v) is 5.21. The fraction of sp³-hybridized carbons (Fsp3) is 0.625. The van der Waals surface area contributed by atoms with Crippen molar-refractivity contribution < 1.29 is 5.11 Å². The van der Waals surface area contributed by atoms with Crippen molar-refractivity contribution in [1.82, 2.24) is 0 Å². The van der Waals surface area contributed by atoms with Crippen LogP contribution in [0.2, 0.25) is 0 Å². The molecule has 1 aromatic carbocycles.